The van der Waals surface area contributed by atoms with E-state index >= 15 is 0 Å². The van der Waals surface area contributed by atoms with Crippen LogP contribution >= 0.6 is 11.8 Å². The van der Waals surface area contributed by atoms with Crippen molar-refractivity contribution in [1.29, 1.82) is 0 Å². The van der Waals surface area contributed by atoms with Crippen LogP contribution < -0.4 is 9.62 Å². The summed E-state index contributed by atoms with van der Waals surface area (Å²) in [5, 5.41) is 2.86. The van der Waals surface area contributed by atoms with Gasteiger partial charge in [0.2, 0.25) is 5.91 Å². The molecule has 0 atom stereocenters. The number of anilines is 1. The van der Waals surface area contributed by atoms with Crippen LogP contribution in [0.1, 0.15) is 23.6 Å². The van der Waals surface area contributed by atoms with Crippen molar-refractivity contribution in [2.24, 2.45) is 0 Å². The second kappa shape index (κ2) is 11.9. The number of carbonyl (C=O) groups is 1. The van der Waals surface area contributed by atoms with Crippen LogP contribution in [0.3, 0.4) is 0 Å². The molecular formula is C26H30N2O3S2. The van der Waals surface area contributed by atoms with Crippen molar-refractivity contribution < 1.29 is 13.2 Å². The largest absolute Gasteiger partial charge is 0.354 e. The molecule has 7 heteroatoms. The Morgan fingerprint density at radius 1 is 0.909 bits per heavy atom. The third-order valence-electron chi connectivity index (χ3n) is 5.21. The first kappa shape index (κ1) is 24.9. The zero-order chi connectivity index (χ0) is 23.7. The molecule has 0 heterocycles. The maximum absolute atomic E-state index is 13.3. The normalized spacial score (nSPS) is 11.2. The van der Waals surface area contributed by atoms with Gasteiger partial charge in [-0.15, -0.1) is 0 Å². The molecule has 5 nitrogen and oxygen atoms in total. The van der Waals surface area contributed by atoms with Gasteiger partial charge in [0.25, 0.3) is 10.0 Å². The number of aryl methyl sites for hydroxylation is 2. The summed E-state index contributed by atoms with van der Waals surface area (Å²) in [6, 6.07) is 23.9. The molecule has 0 spiro atoms. The van der Waals surface area contributed by atoms with Gasteiger partial charge in [0.1, 0.15) is 6.54 Å². The molecule has 3 aromatic carbocycles. The van der Waals surface area contributed by atoms with Gasteiger partial charge in [0.15, 0.2) is 0 Å². The summed E-state index contributed by atoms with van der Waals surface area (Å²) in [5.41, 5.74) is 4.05. The van der Waals surface area contributed by atoms with Gasteiger partial charge >= 0.3 is 0 Å². The van der Waals surface area contributed by atoms with Crippen molar-refractivity contribution in [1.82, 2.24) is 5.32 Å². The highest BCUT2D eigenvalue weighted by molar-refractivity contribution is 7.98. The number of rotatable bonds is 11. The molecule has 0 radical (unpaired) electrons. The molecule has 1 N–H and O–H groups in total. The van der Waals surface area contributed by atoms with E-state index < -0.39 is 10.0 Å². The van der Waals surface area contributed by atoms with E-state index in [1.807, 2.05) is 19.1 Å². The number of hydrogen-bond acceptors (Lipinski definition) is 4. The summed E-state index contributed by atoms with van der Waals surface area (Å²) >= 11 is 1.73. The zero-order valence-electron chi connectivity index (χ0n) is 19.0. The number of nitrogens with one attached hydrogen (secondary N) is 1. The van der Waals surface area contributed by atoms with Gasteiger partial charge in [-0.25, -0.2) is 8.42 Å². The highest BCUT2D eigenvalue weighted by Crippen LogP contribution is 2.24. The number of benzene rings is 3. The lowest BCUT2D eigenvalue weighted by atomic mass is 10.1. The van der Waals surface area contributed by atoms with Crippen LogP contribution in [0.25, 0.3) is 0 Å². The third kappa shape index (κ3) is 7.11. The Morgan fingerprint density at radius 3 is 2.18 bits per heavy atom. The third-order valence-corrected chi connectivity index (χ3v) is 8.03. The van der Waals surface area contributed by atoms with Crippen molar-refractivity contribution >= 4 is 33.4 Å². The Kier molecular flexibility index (Phi) is 8.97. The van der Waals surface area contributed by atoms with E-state index in [9.17, 15) is 13.2 Å². The summed E-state index contributed by atoms with van der Waals surface area (Å²) in [4.78, 5) is 12.8. The smallest absolute Gasteiger partial charge is 0.264 e. The summed E-state index contributed by atoms with van der Waals surface area (Å²) < 4.78 is 27.8. The lowest BCUT2D eigenvalue weighted by Gasteiger charge is -2.24. The molecule has 33 heavy (non-hydrogen) atoms. The number of nitrogens with zero attached hydrogens (tertiary/aromatic N) is 1. The van der Waals surface area contributed by atoms with E-state index in [0.717, 1.165) is 23.5 Å². The minimum atomic E-state index is -3.88. The fourth-order valence-electron chi connectivity index (χ4n) is 3.26. The first-order chi connectivity index (χ1) is 15.9. The van der Waals surface area contributed by atoms with Crippen LogP contribution in [0.2, 0.25) is 0 Å². The highest BCUT2D eigenvalue weighted by Gasteiger charge is 2.26. The molecule has 0 aromatic heterocycles. The first-order valence-electron chi connectivity index (χ1n) is 11.0. The van der Waals surface area contributed by atoms with Crippen molar-refractivity contribution in [3.8, 4) is 0 Å². The van der Waals surface area contributed by atoms with E-state index in [2.05, 4.69) is 36.5 Å². The summed E-state index contributed by atoms with van der Waals surface area (Å²) in [6.45, 7) is 4.30. The molecule has 174 valence electrons. The van der Waals surface area contributed by atoms with Crippen LogP contribution in [0.15, 0.2) is 83.8 Å². The second-order valence-electron chi connectivity index (χ2n) is 7.73. The average Bonchev–Trinajstić information content (AvgIpc) is 2.84. The Bertz CT molecular complexity index is 1130. The van der Waals surface area contributed by atoms with Gasteiger partial charge < -0.3 is 5.32 Å². The molecule has 0 fully saturated rings. The standard InChI is InChI=1S/C26H30N2O3S2/c1-3-22-13-15-24(16-14-22)28(33(30,31)25-7-5-4-6-8-25)19-26(29)27-17-18-32-20-23-11-9-21(2)10-12-23/h4-16H,3,17-20H2,1-2H3,(H,27,29). The first-order valence-corrected chi connectivity index (χ1v) is 13.6. The number of hydrogen-bond donors (Lipinski definition) is 1. The molecule has 0 aliphatic rings. The Hall–Kier alpha value is -2.77. The molecule has 0 saturated carbocycles. The Labute approximate surface area is 201 Å². The summed E-state index contributed by atoms with van der Waals surface area (Å²) in [5.74, 6) is 1.29. The lowest BCUT2D eigenvalue weighted by molar-refractivity contribution is -0.119. The van der Waals surface area contributed by atoms with Crippen LogP contribution in [0.4, 0.5) is 5.69 Å². The fourth-order valence-corrected chi connectivity index (χ4v) is 5.52. The number of amides is 1. The maximum atomic E-state index is 13.3. The van der Waals surface area contributed by atoms with Gasteiger partial charge in [-0.2, -0.15) is 11.8 Å². The van der Waals surface area contributed by atoms with Crippen molar-refractivity contribution in [3.63, 3.8) is 0 Å². The summed E-state index contributed by atoms with van der Waals surface area (Å²) in [6.07, 6.45) is 0.854. The molecular weight excluding hydrogens is 452 g/mol. The van der Waals surface area contributed by atoms with E-state index in [1.165, 1.54) is 15.4 Å². The fraction of sp³-hybridized carbons (Fsp3) is 0.269. The van der Waals surface area contributed by atoms with Crippen LogP contribution in [0, 0.1) is 6.92 Å². The number of thioether (sulfide) groups is 1. The van der Waals surface area contributed by atoms with E-state index in [1.54, 1.807) is 54.2 Å². The molecule has 0 aliphatic heterocycles. The molecule has 0 aliphatic carbocycles. The molecule has 1 amide bonds. The van der Waals surface area contributed by atoms with Crippen LogP contribution in [0.5, 0.6) is 0 Å². The average molecular weight is 483 g/mol. The molecule has 3 rings (SSSR count). The SMILES string of the molecule is CCc1ccc(N(CC(=O)NCCSCc2ccc(C)cc2)S(=O)(=O)c2ccccc2)cc1. The lowest BCUT2D eigenvalue weighted by Crippen LogP contribution is -2.41. The number of sulfonamides is 1. The Morgan fingerprint density at radius 2 is 1.55 bits per heavy atom. The molecule has 0 saturated heterocycles. The highest BCUT2D eigenvalue weighted by atomic mass is 32.2. The van der Waals surface area contributed by atoms with Crippen molar-refractivity contribution in [2.45, 2.75) is 30.9 Å². The summed E-state index contributed by atoms with van der Waals surface area (Å²) in [7, 11) is -3.88. The molecule has 0 bridgehead atoms. The predicted molar refractivity (Wildman–Crippen MR) is 137 cm³/mol. The monoisotopic (exact) mass is 482 g/mol. The van der Waals surface area contributed by atoms with Crippen LogP contribution in [-0.2, 0) is 27.0 Å². The van der Waals surface area contributed by atoms with Gasteiger partial charge in [-0.3, -0.25) is 9.10 Å². The van der Waals surface area contributed by atoms with Crippen molar-refractivity contribution in [3.05, 3.63) is 95.6 Å². The minimum Gasteiger partial charge on any atom is -0.354 e. The minimum absolute atomic E-state index is 0.158. The number of carbonyl (C=O) groups excluding carboxylic acids is 1. The molecule has 3 aromatic rings. The van der Waals surface area contributed by atoms with E-state index in [-0.39, 0.29) is 17.3 Å². The van der Waals surface area contributed by atoms with Gasteiger partial charge in [-0.05, 0) is 48.7 Å². The van der Waals surface area contributed by atoms with Crippen molar-refractivity contribution in [2.75, 3.05) is 23.1 Å². The molecule has 0 unspecified atom stereocenters. The predicted octanol–water partition coefficient (Wildman–Crippen LogP) is 4.80. The van der Waals surface area contributed by atoms with E-state index in [0.29, 0.717) is 12.2 Å². The van der Waals surface area contributed by atoms with Crippen LogP contribution in [-0.4, -0.2) is 33.2 Å². The Balaban J connectivity index is 1.62. The van der Waals surface area contributed by atoms with Gasteiger partial charge in [0, 0.05) is 18.1 Å². The topological polar surface area (TPSA) is 66.5 Å². The quantitative estimate of drug-likeness (QED) is 0.399. The zero-order valence-corrected chi connectivity index (χ0v) is 20.7. The van der Waals surface area contributed by atoms with Gasteiger partial charge in [-0.1, -0.05) is 67.1 Å². The maximum Gasteiger partial charge on any atom is 0.264 e. The van der Waals surface area contributed by atoms with E-state index in [4.69, 9.17) is 0 Å². The second-order valence-corrected chi connectivity index (χ2v) is 10.7. The van der Waals surface area contributed by atoms with Gasteiger partial charge in [0.05, 0.1) is 10.6 Å².